The van der Waals surface area contributed by atoms with Gasteiger partial charge in [-0.05, 0) is 30.0 Å². The van der Waals surface area contributed by atoms with Gasteiger partial charge in [0.25, 0.3) is 0 Å². The summed E-state index contributed by atoms with van der Waals surface area (Å²) in [5, 5.41) is 3.54. The molecule has 1 fully saturated rings. The van der Waals surface area contributed by atoms with Crippen molar-refractivity contribution < 1.29 is 9.47 Å². The van der Waals surface area contributed by atoms with Crippen molar-refractivity contribution in [2.24, 2.45) is 5.92 Å². The molecule has 1 aliphatic heterocycles. The lowest BCUT2D eigenvalue weighted by molar-refractivity contribution is -0.102. The molecule has 0 saturated carbocycles. The van der Waals surface area contributed by atoms with Crippen LogP contribution in [0.15, 0.2) is 24.3 Å². The number of ether oxygens (including phenoxy) is 2. The van der Waals surface area contributed by atoms with E-state index in [1.807, 2.05) is 0 Å². The highest BCUT2D eigenvalue weighted by Crippen LogP contribution is 2.23. The summed E-state index contributed by atoms with van der Waals surface area (Å²) in [6.07, 6.45) is 1.23. The summed E-state index contributed by atoms with van der Waals surface area (Å²) in [6, 6.07) is 9.08. The molecule has 1 saturated heterocycles. The zero-order chi connectivity index (χ0) is 14.4. The van der Waals surface area contributed by atoms with Crippen molar-refractivity contribution in [3.63, 3.8) is 0 Å². The van der Waals surface area contributed by atoms with Crippen molar-refractivity contribution in [2.75, 3.05) is 26.4 Å². The third kappa shape index (κ3) is 4.30. The Morgan fingerprint density at radius 2 is 2.15 bits per heavy atom. The van der Waals surface area contributed by atoms with Gasteiger partial charge in [0.1, 0.15) is 6.10 Å². The summed E-state index contributed by atoms with van der Waals surface area (Å²) in [6.45, 7) is 9.65. The molecule has 0 aliphatic carbocycles. The minimum atomic E-state index is 0.109. The standard InChI is InChI=1S/C17H27NO2/c1-4-18-17(16-12-19-8-9-20-16)15-7-5-6-14(11-15)10-13(2)3/h5-7,11,13,16-18H,4,8-10,12H2,1-3H3. The van der Waals surface area contributed by atoms with Crippen LogP contribution in [0.5, 0.6) is 0 Å². The molecular weight excluding hydrogens is 250 g/mol. The highest BCUT2D eigenvalue weighted by Gasteiger charge is 2.26. The van der Waals surface area contributed by atoms with E-state index in [2.05, 4.69) is 50.4 Å². The lowest BCUT2D eigenvalue weighted by atomic mass is 9.95. The third-order valence-electron chi connectivity index (χ3n) is 3.59. The first-order valence-corrected chi connectivity index (χ1v) is 7.72. The van der Waals surface area contributed by atoms with E-state index in [4.69, 9.17) is 9.47 Å². The smallest absolute Gasteiger partial charge is 0.100 e. The van der Waals surface area contributed by atoms with Gasteiger partial charge in [-0.25, -0.2) is 0 Å². The predicted molar refractivity (Wildman–Crippen MR) is 82.0 cm³/mol. The van der Waals surface area contributed by atoms with Gasteiger partial charge in [-0.15, -0.1) is 0 Å². The van der Waals surface area contributed by atoms with Crippen molar-refractivity contribution >= 4 is 0 Å². The lowest BCUT2D eigenvalue weighted by Crippen LogP contribution is -2.40. The van der Waals surface area contributed by atoms with Crippen LogP contribution in [0.4, 0.5) is 0 Å². The Bertz CT molecular complexity index is 400. The van der Waals surface area contributed by atoms with Gasteiger partial charge in [0, 0.05) is 0 Å². The van der Waals surface area contributed by atoms with Gasteiger partial charge < -0.3 is 14.8 Å². The minimum absolute atomic E-state index is 0.109. The average Bonchev–Trinajstić information content (AvgIpc) is 2.45. The van der Waals surface area contributed by atoms with E-state index < -0.39 is 0 Å². The van der Waals surface area contributed by atoms with Gasteiger partial charge in [-0.3, -0.25) is 0 Å². The molecule has 1 N–H and O–H groups in total. The second-order valence-electron chi connectivity index (χ2n) is 5.86. The average molecular weight is 277 g/mol. The van der Waals surface area contributed by atoms with Crippen LogP contribution in [-0.4, -0.2) is 32.5 Å². The zero-order valence-electron chi connectivity index (χ0n) is 12.9. The molecule has 1 aromatic carbocycles. The summed E-state index contributed by atoms with van der Waals surface area (Å²) >= 11 is 0. The molecule has 2 unspecified atom stereocenters. The van der Waals surface area contributed by atoms with Crippen LogP contribution in [-0.2, 0) is 15.9 Å². The van der Waals surface area contributed by atoms with E-state index in [-0.39, 0.29) is 12.1 Å². The summed E-state index contributed by atoms with van der Waals surface area (Å²) in [4.78, 5) is 0. The fraction of sp³-hybridized carbons (Fsp3) is 0.647. The highest BCUT2D eigenvalue weighted by atomic mass is 16.6. The van der Waals surface area contributed by atoms with Gasteiger partial charge in [-0.2, -0.15) is 0 Å². The third-order valence-corrected chi connectivity index (χ3v) is 3.59. The van der Waals surface area contributed by atoms with E-state index >= 15 is 0 Å². The van der Waals surface area contributed by atoms with Crippen LogP contribution in [0.1, 0.15) is 37.9 Å². The summed E-state index contributed by atoms with van der Waals surface area (Å²) in [5.41, 5.74) is 2.71. The maximum atomic E-state index is 5.88. The van der Waals surface area contributed by atoms with E-state index in [9.17, 15) is 0 Å². The quantitative estimate of drug-likeness (QED) is 0.867. The number of rotatable bonds is 6. The number of likely N-dealkylation sites (N-methyl/N-ethyl adjacent to an activating group) is 1. The van der Waals surface area contributed by atoms with Crippen molar-refractivity contribution in [3.8, 4) is 0 Å². The topological polar surface area (TPSA) is 30.5 Å². The summed E-state index contributed by atoms with van der Waals surface area (Å²) in [5.74, 6) is 0.678. The van der Waals surface area contributed by atoms with Crippen molar-refractivity contribution in [1.82, 2.24) is 5.32 Å². The molecule has 1 aliphatic rings. The largest absolute Gasteiger partial charge is 0.376 e. The van der Waals surface area contributed by atoms with Crippen LogP contribution in [0, 0.1) is 5.92 Å². The number of hydrogen-bond donors (Lipinski definition) is 1. The van der Waals surface area contributed by atoms with Crippen LogP contribution >= 0.6 is 0 Å². The second kappa shape index (κ2) is 7.77. The molecule has 0 bridgehead atoms. The first-order valence-electron chi connectivity index (χ1n) is 7.72. The highest BCUT2D eigenvalue weighted by molar-refractivity contribution is 5.27. The SMILES string of the molecule is CCNC(c1cccc(CC(C)C)c1)C1COCCO1. The van der Waals surface area contributed by atoms with Crippen molar-refractivity contribution in [1.29, 1.82) is 0 Å². The number of hydrogen-bond acceptors (Lipinski definition) is 3. The monoisotopic (exact) mass is 277 g/mol. The Kier molecular flexibility index (Phi) is 6.02. The maximum Gasteiger partial charge on any atom is 0.100 e. The van der Waals surface area contributed by atoms with Gasteiger partial charge in [-0.1, -0.05) is 45.0 Å². The first kappa shape index (κ1) is 15.5. The van der Waals surface area contributed by atoms with Gasteiger partial charge >= 0.3 is 0 Å². The van der Waals surface area contributed by atoms with Crippen molar-refractivity contribution in [3.05, 3.63) is 35.4 Å². The Hall–Kier alpha value is -0.900. The maximum absolute atomic E-state index is 5.88. The molecule has 0 radical (unpaired) electrons. The minimum Gasteiger partial charge on any atom is -0.376 e. The Balaban J connectivity index is 2.15. The summed E-state index contributed by atoms with van der Waals surface area (Å²) < 4.78 is 11.4. The number of benzene rings is 1. The second-order valence-corrected chi connectivity index (χ2v) is 5.86. The molecule has 3 nitrogen and oxygen atoms in total. The molecule has 0 spiro atoms. The molecule has 0 aromatic heterocycles. The predicted octanol–water partition coefficient (Wildman–Crippen LogP) is 2.95. The van der Waals surface area contributed by atoms with Crippen LogP contribution in [0.3, 0.4) is 0 Å². The van der Waals surface area contributed by atoms with Crippen LogP contribution < -0.4 is 5.32 Å². The number of nitrogens with one attached hydrogen (secondary N) is 1. The first-order chi connectivity index (χ1) is 9.70. The zero-order valence-corrected chi connectivity index (χ0v) is 12.9. The van der Waals surface area contributed by atoms with E-state index in [0.29, 0.717) is 25.7 Å². The molecule has 1 heterocycles. The Labute approximate surface area is 122 Å². The molecule has 2 rings (SSSR count). The molecule has 20 heavy (non-hydrogen) atoms. The Morgan fingerprint density at radius 3 is 2.80 bits per heavy atom. The Morgan fingerprint density at radius 1 is 1.30 bits per heavy atom. The fourth-order valence-electron chi connectivity index (χ4n) is 2.77. The molecular formula is C17H27NO2. The molecule has 3 heteroatoms. The molecule has 0 amide bonds. The van der Waals surface area contributed by atoms with Gasteiger partial charge in [0.05, 0.1) is 25.9 Å². The van der Waals surface area contributed by atoms with Crippen molar-refractivity contribution in [2.45, 2.75) is 39.3 Å². The fourth-order valence-corrected chi connectivity index (χ4v) is 2.77. The molecule has 1 aromatic rings. The van der Waals surface area contributed by atoms with Crippen LogP contribution in [0.25, 0.3) is 0 Å². The van der Waals surface area contributed by atoms with Gasteiger partial charge in [0.15, 0.2) is 0 Å². The van der Waals surface area contributed by atoms with E-state index in [1.165, 1.54) is 11.1 Å². The van der Waals surface area contributed by atoms with Gasteiger partial charge in [0.2, 0.25) is 0 Å². The lowest BCUT2D eigenvalue weighted by Gasteiger charge is -2.31. The molecule has 2 atom stereocenters. The summed E-state index contributed by atoms with van der Waals surface area (Å²) in [7, 11) is 0. The van der Waals surface area contributed by atoms with E-state index in [1.54, 1.807) is 0 Å². The van der Waals surface area contributed by atoms with E-state index in [0.717, 1.165) is 13.0 Å². The molecule has 112 valence electrons. The van der Waals surface area contributed by atoms with Crippen LogP contribution in [0.2, 0.25) is 0 Å². The normalized spacial score (nSPS) is 21.1.